The van der Waals surface area contributed by atoms with Crippen molar-refractivity contribution in [3.05, 3.63) is 22.8 Å². The van der Waals surface area contributed by atoms with Gasteiger partial charge in [-0.3, -0.25) is 4.79 Å². The first-order chi connectivity index (χ1) is 7.15. The van der Waals surface area contributed by atoms with Crippen LogP contribution >= 0.6 is 0 Å². The molecule has 80 valence electrons. The van der Waals surface area contributed by atoms with E-state index in [-0.39, 0.29) is 18.1 Å². The van der Waals surface area contributed by atoms with Gasteiger partial charge in [-0.2, -0.15) is 0 Å². The SMILES string of the molecule is Cc1cc2c(c(C(=O)CN)c1O)CCO2. The van der Waals surface area contributed by atoms with Gasteiger partial charge in [0, 0.05) is 12.0 Å². The van der Waals surface area contributed by atoms with Crippen LogP contribution in [0, 0.1) is 6.92 Å². The Kier molecular flexibility index (Phi) is 2.36. The normalized spacial score (nSPS) is 13.5. The number of aryl methyl sites for hydroxylation is 1. The van der Waals surface area contributed by atoms with E-state index in [2.05, 4.69) is 0 Å². The highest BCUT2D eigenvalue weighted by atomic mass is 16.5. The summed E-state index contributed by atoms with van der Waals surface area (Å²) in [4.78, 5) is 11.6. The molecule has 0 spiro atoms. The fraction of sp³-hybridized carbons (Fsp3) is 0.364. The largest absolute Gasteiger partial charge is 0.507 e. The minimum atomic E-state index is -0.238. The van der Waals surface area contributed by atoms with Crippen LogP contribution in [0.25, 0.3) is 0 Å². The first kappa shape index (κ1) is 9.98. The summed E-state index contributed by atoms with van der Waals surface area (Å²) in [5.41, 5.74) is 7.09. The molecule has 0 aromatic heterocycles. The van der Waals surface area contributed by atoms with E-state index in [1.165, 1.54) is 0 Å². The van der Waals surface area contributed by atoms with E-state index in [4.69, 9.17) is 10.5 Å². The molecular weight excluding hydrogens is 194 g/mol. The number of phenols is 1. The highest BCUT2D eigenvalue weighted by molar-refractivity contribution is 6.02. The molecule has 1 aromatic rings. The van der Waals surface area contributed by atoms with Gasteiger partial charge in [-0.15, -0.1) is 0 Å². The summed E-state index contributed by atoms with van der Waals surface area (Å²) in [6.07, 6.45) is 0.657. The monoisotopic (exact) mass is 207 g/mol. The summed E-state index contributed by atoms with van der Waals surface area (Å²) >= 11 is 0. The summed E-state index contributed by atoms with van der Waals surface area (Å²) < 4.78 is 5.37. The van der Waals surface area contributed by atoms with E-state index >= 15 is 0 Å². The lowest BCUT2D eigenvalue weighted by Gasteiger charge is -2.10. The maximum absolute atomic E-state index is 11.6. The van der Waals surface area contributed by atoms with Gasteiger partial charge in [-0.1, -0.05) is 0 Å². The molecule has 1 heterocycles. The first-order valence-corrected chi connectivity index (χ1v) is 4.86. The minimum Gasteiger partial charge on any atom is -0.507 e. The van der Waals surface area contributed by atoms with Crippen molar-refractivity contribution in [1.29, 1.82) is 0 Å². The number of Topliss-reactive ketones (excluding diaryl/α,β-unsaturated/α-hetero) is 1. The number of carbonyl (C=O) groups is 1. The molecule has 1 aliphatic rings. The lowest BCUT2D eigenvalue weighted by molar-refractivity contribution is 0.0998. The van der Waals surface area contributed by atoms with Crippen molar-refractivity contribution in [3.8, 4) is 11.5 Å². The van der Waals surface area contributed by atoms with Gasteiger partial charge in [0.2, 0.25) is 0 Å². The second-order valence-corrected chi connectivity index (χ2v) is 3.62. The Morgan fingerprint density at radius 1 is 1.67 bits per heavy atom. The summed E-state index contributed by atoms with van der Waals surface area (Å²) in [5.74, 6) is 0.495. The van der Waals surface area contributed by atoms with Crippen molar-refractivity contribution >= 4 is 5.78 Å². The van der Waals surface area contributed by atoms with Gasteiger partial charge in [0.05, 0.1) is 18.7 Å². The third-order valence-corrected chi connectivity index (χ3v) is 2.63. The molecule has 15 heavy (non-hydrogen) atoms. The molecule has 0 atom stereocenters. The third-order valence-electron chi connectivity index (χ3n) is 2.63. The maximum Gasteiger partial charge on any atom is 0.180 e. The molecule has 4 nitrogen and oxygen atoms in total. The number of aromatic hydroxyl groups is 1. The Morgan fingerprint density at radius 2 is 2.40 bits per heavy atom. The number of benzene rings is 1. The fourth-order valence-electron chi connectivity index (χ4n) is 1.86. The molecule has 0 aliphatic carbocycles. The van der Waals surface area contributed by atoms with Crippen LogP contribution in [-0.4, -0.2) is 24.0 Å². The standard InChI is InChI=1S/C11H13NO3/c1-6-4-9-7(2-3-15-9)10(11(6)14)8(13)5-12/h4,14H,2-3,5,12H2,1H3. The highest BCUT2D eigenvalue weighted by Crippen LogP contribution is 2.36. The van der Waals surface area contributed by atoms with Crippen molar-refractivity contribution in [2.45, 2.75) is 13.3 Å². The van der Waals surface area contributed by atoms with Gasteiger partial charge >= 0.3 is 0 Å². The Morgan fingerprint density at radius 3 is 3.07 bits per heavy atom. The molecule has 0 fully saturated rings. The van der Waals surface area contributed by atoms with Gasteiger partial charge < -0.3 is 15.6 Å². The van der Waals surface area contributed by atoms with Crippen LogP contribution in [-0.2, 0) is 6.42 Å². The van der Waals surface area contributed by atoms with Crippen LogP contribution in [0.1, 0.15) is 21.5 Å². The summed E-state index contributed by atoms with van der Waals surface area (Å²) in [7, 11) is 0. The van der Waals surface area contributed by atoms with E-state index in [0.717, 1.165) is 5.56 Å². The Labute approximate surface area is 87.7 Å². The molecule has 0 bridgehead atoms. The average Bonchev–Trinajstić information content (AvgIpc) is 2.66. The van der Waals surface area contributed by atoms with Gasteiger partial charge in [-0.05, 0) is 18.6 Å². The Balaban J connectivity index is 2.65. The minimum absolute atomic E-state index is 0.0368. The molecule has 0 saturated heterocycles. The number of ketones is 1. The fourth-order valence-corrected chi connectivity index (χ4v) is 1.86. The number of ether oxygens (including phenoxy) is 1. The highest BCUT2D eigenvalue weighted by Gasteiger charge is 2.24. The lowest BCUT2D eigenvalue weighted by Crippen LogP contribution is -2.15. The lowest BCUT2D eigenvalue weighted by atomic mass is 9.97. The zero-order chi connectivity index (χ0) is 11.0. The Hall–Kier alpha value is -1.55. The van der Waals surface area contributed by atoms with Crippen LogP contribution in [0.4, 0.5) is 0 Å². The predicted molar refractivity (Wildman–Crippen MR) is 55.4 cm³/mol. The maximum atomic E-state index is 11.6. The van der Waals surface area contributed by atoms with Gasteiger partial charge in [0.1, 0.15) is 11.5 Å². The van der Waals surface area contributed by atoms with Crippen molar-refractivity contribution in [3.63, 3.8) is 0 Å². The molecule has 1 aliphatic heterocycles. The number of carbonyl (C=O) groups excluding carboxylic acids is 1. The quantitative estimate of drug-likeness (QED) is 0.703. The first-order valence-electron chi connectivity index (χ1n) is 4.86. The molecule has 3 N–H and O–H groups in total. The number of hydrogen-bond donors (Lipinski definition) is 2. The topological polar surface area (TPSA) is 72.6 Å². The third kappa shape index (κ3) is 1.47. The second kappa shape index (κ2) is 3.55. The molecule has 0 unspecified atom stereocenters. The van der Waals surface area contributed by atoms with E-state index < -0.39 is 0 Å². The molecule has 4 heteroatoms. The van der Waals surface area contributed by atoms with Crippen LogP contribution in [0.3, 0.4) is 0 Å². The van der Waals surface area contributed by atoms with Crippen molar-refractivity contribution < 1.29 is 14.6 Å². The molecule has 0 saturated carbocycles. The molecule has 2 rings (SSSR count). The van der Waals surface area contributed by atoms with E-state index in [9.17, 15) is 9.90 Å². The molecule has 1 aromatic carbocycles. The number of rotatable bonds is 2. The van der Waals surface area contributed by atoms with E-state index in [1.807, 2.05) is 0 Å². The summed E-state index contributed by atoms with van der Waals surface area (Å²) in [5, 5.41) is 9.83. The van der Waals surface area contributed by atoms with Crippen LogP contribution in [0.2, 0.25) is 0 Å². The van der Waals surface area contributed by atoms with Gasteiger partial charge in [0.15, 0.2) is 5.78 Å². The van der Waals surface area contributed by atoms with Gasteiger partial charge in [0.25, 0.3) is 0 Å². The van der Waals surface area contributed by atoms with Crippen molar-refractivity contribution in [2.75, 3.05) is 13.2 Å². The average molecular weight is 207 g/mol. The summed E-state index contributed by atoms with van der Waals surface area (Å²) in [6, 6.07) is 1.75. The number of fused-ring (bicyclic) bond motifs is 1. The predicted octanol–water partition coefficient (Wildman–Crippen LogP) is 0.777. The molecule has 0 radical (unpaired) electrons. The number of phenolic OH excluding ortho intramolecular Hbond substituents is 1. The molecular formula is C11H13NO3. The van der Waals surface area contributed by atoms with Gasteiger partial charge in [-0.25, -0.2) is 0 Å². The van der Waals surface area contributed by atoms with Crippen molar-refractivity contribution in [2.24, 2.45) is 5.73 Å². The number of nitrogens with two attached hydrogens (primary N) is 1. The zero-order valence-corrected chi connectivity index (χ0v) is 8.54. The van der Waals surface area contributed by atoms with E-state index in [1.54, 1.807) is 13.0 Å². The summed E-state index contributed by atoms with van der Waals surface area (Å²) in [6.45, 7) is 2.21. The smallest absolute Gasteiger partial charge is 0.180 e. The van der Waals surface area contributed by atoms with Crippen LogP contribution in [0.5, 0.6) is 11.5 Å². The van der Waals surface area contributed by atoms with Crippen LogP contribution < -0.4 is 10.5 Å². The Bertz CT molecular complexity index is 426. The van der Waals surface area contributed by atoms with Crippen molar-refractivity contribution in [1.82, 2.24) is 0 Å². The zero-order valence-electron chi connectivity index (χ0n) is 8.54. The number of hydrogen-bond acceptors (Lipinski definition) is 4. The van der Waals surface area contributed by atoms with E-state index in [0.29, 0.717) is 29.9 Å². The second-order valence-electron chi connectivity index (χ2n) is 3.62. The molecule has 0 amide bonds. The van der Waals surface area contributed by atoms with Crippen LogP contribution in [0.15, 0.2) is 6.07 Å².